The van der Waals surface area contributed by atoms with Gasteiger partial charge in [-0.15, -0.1) is 0 Å². The number of nitrogens with zero attached hydrogens (tertiary/aromatic N) is 1. The number of aromatic amines is 1. The minimum absolute atomic E-state index is 0.500. The molecule has 0 aliphatic rings. The van der Waals surface area contributed by atoms with E-state index in [1.54, 1.807) is 12.3 Å². The Morgan fingerprint density at radius 2 is 2.18 bits per heavy atom. The second kappa shape index (κ2) is 5.16. The summed E-state index contributed by atoms with van der Waals surface area (Å²) in [6.45, 7) is 1.97. The summed E-state index contributed by atoms with van der Waals surface area (Å²) in [4.78, 5) is 0. The smallest absolute Gasteiger partial charge is 0.176 e. The molecule has 0 saturated heterocycles. The molecule has 2 rings (SSSR count). The van der Waals surface area contributed by atoms with E-state index in [1.807, 2.05) is 25.1 Å². The highest BCUT2D eigenvalue weighted by Gasteiger charge is 2.02. The van der Waals surface area contributed by atoms with Crippen molar-refractivity contribution in [1.82, 2.24) is 10.2 Å². The summed E-state index contributed by atoms with van der Waals surface area (Å²) in [5.41, 5.74) is 1.96. The van der Waals surface area contributed by atoms with Crippen LogP contribution < -0.4 is 10.6 Å². The van der Waals surface area contributed by atoms with Crippen molar-refractivity contribution in [3.8, 4) is 0 Å². The molecule has 2 aromatic rings. The molecule has 0 saturated carbocycles. The molecule has 1 heterocycles. The van der Waals surface area contributed by atoms with Crippen molar-refractivity contribution in [2.45, 2.75) is 6.92 Å². The van der Waals surface area contributed by atoms with Crippen molar-refractivity contribution >= 4 is 40.4 Å². The number of rotatable bonds is 2. The van der Waals surface area contributed by atoms with E-state index in [2.05, 4.69) is 20.8 Å². The fourth-order valence-electron chi connectivity index (χ4n) is 1.37. The van der Waals surface area contributed by atoms with Crippen LogP contribution in [0.3, 0.4) is 0 Å². The molecule has 1 aromatic carbocycles. The standard InChI is InChI=1S/C11H11ClN4S/c1-7-6-8(12)2-3-9(7)14-11(17)15-10-4-5-13-16-10/h2-6H,1H3,(H3,13,14,15,16,17). The van der Waals surface area contributed by atoms with Crippen molar-refractivity contribution in [3.05, 3.63) is 41.0 Å². The number of nitrogens with one attached hydrogen (secondary N) is 3. The average molecular weight is 267 g/mol. The molecule has 0 unspecified atom stereocenters. The van der Waals surface area contributed by atoms with Crippen LogP contribution in [0, 0.1) is 6.92 Å². The van der Waals surface area contributed by atoms with Crippen LogP contribution in [0.4, 0.5) is 11.5 Å². The highest BCUT2D eigenvalue weighted by Crippen LogP contribution is 2.19. The summed E-state index contributed by atoms with van der Waals surface area (Å²) in [6, 6.07) is 7.37. The summed E-state index contributed by atoms with van der Waals surface area (Å²) in [7, 11) is 0. The third kappa shape index (κ3) is 3.18. The maximum absolute atomic E-state index is 5.88. The summed E-state index contributed by atoms with van der Waals surface area (Å²) >= 11 is 11.1. The molecule has 88 valence electrons. The van der Waals surface area contributed by atoms with Crippen molar-refractivity contribution in [1.29, 1.82) is 0 Å². The number of benzene rings is 1. The number of hydrogen-bond acceptors (Lipinski definition) is 2. The molecule has 0 amide bonds. The van der Waals surface area contributed by atoms with Gasteiger partial charge in [-0.05, 0) is 42.9 Å². The number of aromatic nitrogens is 2. The number of aryl methyl sites for hydroxylation is 1. The minimum atomic E-state index is 0.500. The van der Waals surface area contributed by atoms with E-state index in [9.17, 15) is 0 Å². The summed E-state index contributed by atoms with van der Waals surface area (Å²) < 4.78 is 0. The summed E-state index contributed by atoms with van der Waals surface area (Å²) in [5, 5.41) is 13.9. The molecule has 0 atom stereocenters. The average Bonchev–Trinajstić information content (AvgIpc) is 2.75. The predicted molar refractivity (Wildman–Crippen MR) is 74.6 cm³/mol. The molecular formula is C11H11ClN4S. The second-order valence-corrected chi connectivity index (χ2v) is 4.35. The zero-order valence-corrected chi connectivity index (χ0v) is 10.7. The van der Waals surface area contributed by atoms with Gasteiger partial charge in [0.15, 0.2) is 5.11 Å². The zero-order chi connectivity index (χ0) is 12.3. The monoisotopic (exact) mass is 266 g/mol. The SMILES string of the molecule is Cc1cc(Cl)ccc1NC(=S)Nc1ccn[nH]1. The lowest BCUT2D eigenvalue weighted by atomic mass is 10.2. The Hall–Kier alpha value is -1.59. The van der Waals surface area contributed by atoms with Crippen LogP contribution in [0.2, 0.25) is 5.02 Å². The number of thiocarbonyl (C=S) groups is 1. The quantitative estimate of drug-likeness (QED) is 0.731. The van der Waals surface area contributed by atoms with Crippen LogP contribution in [0.25, 0.3) is 0 Å². The molecule has 0 aliphatic carbocycles. The third-order valence-electron chi connectivity index (χ3n) is 2.19. The Balaban J connectivity index is 2.03. The molecule has 0 aliphatic heterocycles. The van der Waals surface area contributed by atoms with Gasteiger partial charge in [0, 0.05) is 16.8 Å². The van der Waals surface area contributed by atoms with Crippen LogP contribution in [0.5, 0.6) is 0 Å². The Labute approximate surface area is 109 Å². The van der Waals surface area contributed by atoms with Gasteiger partial charge in [0.25, 0.3) is 0 Å². The van der Waals surface area contributed by atoms with Crippen LogP contribution in [0.1, 0.15) is 5.56 Å². The fraction of sp³-hybridized carbons (Fsp3) is 0.0909. The number of H-pyrrole nitrogens is 1. The molecule has 4 nitrogen and oxygen atoms in total. The highest BCUT2D eigenvalue weighted by atomic mass is 35.5. The van der Waals surface area contributed by atoms with Gasteiger partial charge in [-0.3, -0.25) is 5.10 Å². The first-order chi connectivity index (χ1) is 8.15. The van der Waals surface area contributed by atoms with Gasteiger partial charge in [0.1, 0.15) is 5.82 Å². The summed E-state index contributed by atoms with van der Waals surface area (Å²) in [5.74, 6) is 0.745. The van der Waals surface area contributed by atoms with Gasteiger partial charge in [-0.25, -0.2) is 0 Å². The Morgan fingerprint density at radius 3 is 2.82 bits per heavy atom. The first kappa shape index (κ1) is 11.9. The molecule has 3 N–H and O–H groups in total. The molecule has 0 fully saturated rings. The molecular weight excluding hydrogens is 256 g/mol. The lowest BCUT2D eigenvalue weighted by molar-refractivity contribution is 1.10. The van der Waals surface area contributed by atoms with Crippen molar-refractivity contribution < 1.29 is 0 Å². The van der Waals surface area contributed by atoms with Gasteiger partial charge < -0.3 is 10.6 Å². The van der Waals surface area contributed by atoms with Gasteiger partial charge >= 0.3 is 0 Å². The molecule has 0 bridgehead atoms. The second-order valence-electron chi connectivity index (χ2n) is 3.51. The largest absolute Gasteiger partial charge is 0.332 e. The number of anilines is 2. The van der Waals surface area contributed by atoms with E-state index in [-0.39, 0.29) is 0 Å². The van der Waals surface area contributed by atoms with Gasteiger partial charge in [0.05, 0.1) is 6.20 Å². The third-order valence-corrected chi connectivity index (χ3v) is 2.62. The van der Waals surface area contributed by atoms with E-state index in [0.29, 0.717) is 10.1 Å². The zero-order valence-electron chi connectivity index (χ0n) is 9.12. The lowest BCUT2D eigenvalue weighted by Crippen LogP contribution is -2.19. The minimum Gasteiger partial charge on any atom is -0.332 e. The van der Waals surface area contributed by atoms with E-state index >= 15 is 0 Å². The molecule has 1 aromatic heterocycles. The van der Waals surface area contributed by atoms with E-state index in [1.165, 1.54) is 0 Å². The maximum Gasteiger partial charge on any atom is 0.176 e. The Bertz CT molecular complexity index is 524. The molecule has 17 heavy (non-hydrogen) atoms. The van der Waals surface area contributed by atoms with Gasteiger partial charge in [-0.1, -0.05) is 11.6 Å². The van der Waals surface area contributed by atoms with Crippen LogP contribution in [0.15, 0.2) is 30.5 Å². The van der Waals surface area contributed by atoms with E-state index in [4.69, 9.17) is 23.8 Å². The summed E-state index contributed by atoms with van der Waals surface area (Å²) in [6.07, 6.45) is 1.65. The van der Waals surface area contributed by atoms with Gasteiger partial charge in [0.2, 0.25) is 0 Å². The normalized spacial score (nSPS) is 10.0. The predicted octanol–water partition coefficient (Wildman–Crippen LogP) is 3.18. The van der Waals surface area contributed by atoms with Crippen molar-refractivity contribution in [2.75, 3.05) is 10.6 Å². The number of hydrogen-bond donors (Lipinski definition) is 3. The first-order valence-corrected chi connectivity index (χ1v) is 5.77. The van der Waals surface area contributed by atoms with Crippen LogP contribution in [-0.2, 0) is 0 Å². The number of halogens is 1. The first-order valence-electron chi connectivity index (χ1n) is 4.98. The lowest BCUT2D eigenvalue weighted by Gasteiger charge is -2.11. The van der Waals surface area contributed by atoms with E-state index in [0.717, 1.165) is 17.1 Å². The Morgan fingerprint density at radius 1 is 1.35 bits per heavy atom. The topological polar surface area (TPSA) is 52.7 Å². The Kier molecular flexibility index (Phi) is 3.61. The van der Waals surface area contributed by atoms with Crippen molar-refractivity contribution in [2.24, 2.45) is 0 Å². The van der Waals surface area contributed by atoms with Gasteiger partial charge in [-0.2, -0.15) is 5.10 Å². The van der Waals surface area contributed by atoms with Crippen LogP contribution in [-0.4, -0.2) is 15.3 Å². The van der Waals surface area contributed by atoms with Crippen molar-refractivity contribution in [3.63, 3.8) is 0 Å². The molecule has 0 spiro atoms. The molecule has 6 heteroatoms. The van der Waals surface area contributed by atoms with E-state index < -0.39 is 0 Å². The highest BCUT2D eigenvalue weighted by molar-refractivity contribution is 7.80. The van der Waals surface area contributed by atoms with Crippen LogP contribution >= 0.6 is 23.8 Å². The molecule has 0 radical (unpaired) electrons. The maximum atomic E-state index is 5.88. The fourth-order valence-corrected chi connectivity index (χ4v) is 1.82.